The molecule has 7 heteroatoms. The van der Waals surface area contributed by atoms with Crippen LogP contribution in [0.2, 0.25) is 0 Å². The first-order valence-electron chi connectivity index (χ1n) is 7.03. The van der Waals surface area contributed by atoms with Crippen LogP contribution in [0.5, 0.6) is 5.88 Å². The van der Waals surface area contributed by atoms with Gasteiger partial charge in [0.2, 0.25) is 5.88 Å². The smallest absolute Gasteiger partial charge is 0.323 e. The first-order valence-corrected chi connectivity index (χ1v) is 8.26. The molecule has 23 heavy (non-hydrogen) atoms. The molecule has 2 N–H and O–H groups in total. The number of hydrogen-bond acceptors (Lipinski definition) is 5. The summed E-state index contributed by atoms with van der Waals surface area (Å²) in [4.78, 5) is 15.8. The second-order valence-corrected chi connectivity index (χ2v) is 6.74. The topological polar surface area (TPSA) is 74.8 Å². The van der Waals surface area contributed by atoms with Crippen LogP contribution in [0, 0.1) is 3.95 Å². The molecule has 0 bridgehead atoms. The van der Waals surface area contributed by atoms with Crippen LogP contribution in [-0.2, 0) is 17.8 Å². The molecule has 0 fully saturated rings. The van der Waals surface area contributed by atoms with Gasteiger partial charge in [-0.05, 0) is 30.3 Å². The third-order valence-electron chi connectivity index (χ3n) is 3.62. The van der Waals surface area contributed by atoms with Crippen molar-refractivity contribution in [1.29, 1.82) is 0 Å². The highest BCUT2D eigenvalue weighted by atomic mass is 32.1. The van der Waals surface area contributed by atoms with E-state index in [9.17, 15) is 9.90 Å². The number of aliphatic carboxylic acids is 1. The summed E-state index contributed by atoms with van der Waals surface area (Å²) in [5, 5.41) is 19.1. The number of aliphatic imine (C=N–C) groups is 1. The molecule has 0 unspecified atom stereocenters. The zero-order valence-corrected chi connectivity index (χ0v) is 13.9. The number of rotatable bonds is 4. The average molecular weight is 346 g/mol. The lowest BCUT2D eigenvalue weighted by molar-refractivity contribution is -0.137. The van der Waals surface area contributed by atoms with Crippen molar-refractivity contribution in [3.63, 3.8) is 0 Å². The highest BCUT2D eigenvalue weighted by molar-refractivity contribution is 7.73. The van der Waals surface area contributed by atoms with Gasteiger partial charge in [0.05, 0.1) is 10.6 Å². The number of hydrogen-bond donors (Lipinski definition) is 2. The van der Waals surface area contributed by atoms with Gasteiger partial charge < -0.3 is 10.2 Å². The number of nitrogens with zero attached hydrogens (tertiary/aromatic N) is 2. The number of carboxylic acid groups (broad SMARTS) is 1. The molecule has 0 saturated carbocycles. The molecule has 3 rings (SSSR count). The number of carbonyl (C=O) groups is 1. The molecule has 0 spiro atoms. The lowest BCUT2D eigenvalue weighted by Crippen LogP contribution is -2.07. The van der Waals surface area contributed by atoms with Crippen molar-refractivity contribution in [1.82, 2.24) is 4.57 Å². The van der Waals surface area contributed by atoms with Gasteiger partial charge in [-0.25, -0.2) is 0 Å². The molecule has 2 aromatic rings. The fourth-order valence-corrected chi connectivity index (χ4v) is 3.76. The van der Waals surface area contributed by atoms with E-state index < -0.39 is 5.97 Å². The lowest BCUT2D eigenvalue weighted by atomic mass is 10.0. The van der Waals surface area contributed by atoms with Crippen molar-refractivity contribution in [3.8, 4) is 5.88 Å². The molecule has 1 aromatic heterocycles. The first-order chi connectivity index (χ1) is 11.0. The molecule has 0 amide bonds. The third-order valence-corrected chi connectivity index (χ3v) is 5.00. The van der Waals surface area contributed by atoms with Crippen LogP contribution in [-0.4, -0.2) is 27.0 Å². The van der Waals surface area contributed by atoms with Crippen molar-refractivity contribution in [3.05, 3.63) is 38.2 Å². The molecular weight excluding hydrogens is 332 g/mol. The van der Waals surface area contributed by atoms with Gasteiger partial charge >= 0.3 is 5.97 Å². The maximum Gasteiger partial charge on any atom is 0.323 e. The number of fused-ring (bicyclic) bond motifs is 1. The van der Waals surface area contributed by atoms with E-state index in [2.05, 4.69) is 11.9 Å². The first kappa shape index (κ1) is 15.6. The molecule has 0 saturated heterocycles. The third kappa shape index (κ3) is 2.85. The summed E-state index contributed by atoms with van der Waals surface area (Å²) in [5.41, 5.74) is 4.01. The highest BCUT2D eigenvalue weighted by Gasteiger charge is 2.18. The van der Waals surface area contributed by atoms with Crippen LogP contribution in [0.25, 0.3) is 11.6 Å². The lowest BCUT2D eigenvalue weighted by Gasteiger charge is -2.04. The summed E-state index contributed by atoms with van der Waals surface area (Å²) in [6, 6.07) is 6.01. The number of allylic oxidation sites excluding steroid dienone is 1. The SMILES string of the molecule is CCc1cccc2c1N=C/C2=C\c1sc(=S)n(CC(=O)O)c1O. The maximum atomic E-state index is 10.9. The Hall–Kier alpha value is -2.25. The summed E-state index contributed by atoms with van der Waals surface area (Å²) in [7, 11) is 0. The Morgan fingerprint density at radius 2 is 2.26 bits per heavy atom. The summed E-state index contributed by atoms with van der Waals surface area (Å²) in [6.45, 7) is 1.73. The standard InChI is InChI=1S/C16H14N2O3S2/c1-2-9-4-3-5-11-10(7-17-14(9)11)6-12-15(21)18(8-13(19)20)16(22)23-12/h3-7,21H,2,8H2,1H3,(H,19,20)/b10-6+. The Morgan fingerprint density at radius 1 is 1.48 bits per heavy atom. The molecule has 1 aromatic carbocycles. The Kier molecular flexibility index (Phi) is 4.14. The van der Waals surface area contributed by atoms with Crippen LogP contribution in [0.15, 0.2) is 23.2 Å². The zero-order valence-electron chi connectivity index (χ0n) is 12.3. The molecule has 0 aliphatic carbocycles. The van der Waals surface area contributed by atoms with Crippen molar-refractivity contribution in [2.24, 2.45) is 4.99 Å². The molecule has 2 heterocycles. The number of carboxylic acids is 1. The van der Waals surface area contributed by atoms with Crippen LogP contribution in [0.4, 0.5) is 5.69 Å². The fourth-order valence-electron chi connectivity index (χ4n) is 2.50. The maximum absolute atomic E-state index is 10.9. The van der Waals surface area contributed by atoms with E-state index in [1.54, 1.807) is 12.3 Å². The van der Waals surface area contributed by atoms with E-state index in [-0.39, 0.29) is 12.4 Å². The summed E-state index contributed by atoms with van der Waals surface area (Å²) in [6.07, 6.45) is 4.45. The molecule has 118 valence electrons. The Bertz CT molecular complexity index is 907. The van der Waals surface area contributed by atoms with E-state index in [0.29, 0.717) is 8.83 Å². The van der Waals surface area contributed by atoms with Crippen molar-refractivity contribution in [2.45, 2.75) is 19.9 Å². The molecule has 5 nitrogen and oxygen atoms in total. The Labute approximate surface area is 141 Å². The predicted octanol–water partition coefficient (Wildman–Crippen LogP) is 3.89. The van der Waals surface area contributed by atoms with E-state index in [1.165, 1.54) is 21.5 Å². The van der Waals surface area contributed by atoms with Gasteiger partial charge in [0.25, 0.3) is 0 Å². The largest absolute Gasteiger partial charge is 0.493 e. The van der Waals surface area contributed by atoms with Crippen LogP contribution in [0.1, 0.15) is 22.9 Å². The number of aromatic hydroxyl groups is 1. The Balaban J connectivity index is 2.05. The van der Waals surface area contributed by atoms with E-state index >= 15 is 0 Å². The van der Waals surface area contributed by atoms with Crippen molar-refractivity contribution in [2.75, 3.05) is 0 Å². The minimum atomic E-state index is -1.05. The summed E-state index contributed by atoms with van der Waals surface area (Å²) < 4.78 is 1.54. The molecule has 1 aliphatic heterocycles. The average Bonchev–Trinajstić information content (AvgIpc) is 3.04. The fraction of sp³-hybridized carbons (Fsp3) is 0.188. The van der Waals surface area contributed by atoms with Gasteiger partial charge in [-0.2, -0.15) is 0 Å². The Morgan fingerprint density at radius 3 is 2.96 bits per heavy atom. The monoisotopic (exact) mass is 346 g/mol. The number of para-hydroxylation sites is 1. The predicted molar refractivity (Wildman–Crippen MR) is 94.3 cm³/mol. The minimum absolute atomic E-state index is 0.122. The van der Waals surface area contributed by atoms with Crippen molar-refractivity contribution >= 4 is 53.1 Å². The van der Waals surface area contributed by atoms with Gasteiger partial charge in [-0.15, -0.1) is 11.3 Å². The van der Waals surface area contributed by atoms with E-state index in [1.807, 2.05) is 18.2 Å². The van der Waals surface area contributed by atoms with Gasteiger partial charge in [-0.3, -0.25) is 14.4 Å². The number of aryl methyl sites for hydroxylation is 1. The van der Waals surface area contributed by atoms with Gasteiger partial charge in [0.15, 0.2) is 3.95 Å². The summed E-state index contributed by atoms with van der Waals surface area (Å²) >= 11 is 6.31. The second-order valence-electron chi connectivity index (χ2n) is 5.06. The highest BCUT2D eigenvalue weighted by Crippen LogP contribution is 2.38. The normalized spacial score (nSPS) is 14.4. The van der Waals surface area contributed by atoms with E-state index in [4.69, 9.17) is 17.3 Å². The number of benzene rings is 1. The molecule has 1 aliphatic rings. The van der Waals surface area contributed by atoms with Crippen LogP contribution < -0.4 is 0 Å². The van der Waals surface area contributed by atoms with Gasteiger partial charge in [-0.1, -0.05) is 25.1 Å². The minimum Gasteiger partial charge on any atom is -0.493 e. The van der Waals surface area contributed by atoms with Crippen LogP contribution >= 0.6 is 23.6 Å². The second kappa shape index (κ2) is 6.10. The van der Waals surface area contributed by atoms with Gasteiger partial charge in [0, 0.05) is 17.4 Å². The van der Waals surface area contributed by atoms with Crippen molar-refractivity contribution < 1.29 is 15.0 Å². The number of thiazole rings is 1. The van der Waals surface area contributed by atoms with Gasteiger partial charge in [0.1, 0.15) is 6.54 Å². The molecular formula is C16H14N2O3S2. The quantitative estimate of drug-likeness (QED) is 0.824. The molecule has 0 radical (unpaired) electrons. The zero-order chi connectivity index (χ0) is 16.6. The van der Waals surface area contributed by atoms with E-state index in [0.717, 1.165) is 23.2 Å². The van der Waals surface area contributed by atoms with Crippen LogP contribution in [0.3, 0.4) is 0 Å². The summed E-state index contributed by atoms with van der Waals surface area (Å²) in [5.74, 6) is -1.17. The number of aromatic nitrogens is 1. The molecule has 0 atom stereocenters.